The van der Waals surface area contributed by atoms with E-state index in [4.69, 9.17) is 6.42 Å². The molecule has 0 aromatic rings. The Morgan fingerprint density at radius 3 is 3.08 bits per heavy atom. The second kappa shape index (κ2) is 5.26. The number of likely N-dealkylation sites (tertiary alicyclic amines) is 1. The summed E-state index contributed by atoms with van der Waals surface area (Å²) >= 11 is 0. The molecule has 1 heterocycles. The van der Waals surface area contributed by atoms with E-state index < -0.39 is 0 Å². The lowest BCUT2D eigenvalue weighted by Crippen LogP contribution is -2.35. The molecule has 0 saturated carbocycles. The molecule has 2 unspecified atom stereocenters. The van der Waals surface area contributed by atoms with Crippen LogP contribution >= 0.6 is 0 Å². The summed E-state index contributed by atoms with van der Waals surface area (Å²) in [5, 5.41) is 3.53. The summed E-state index contributed by atoms with van der Waals surface area (Å²) in [6.07, 6.45) is 7.84. The average molecular weight is 180 g/mol. The molecule has 0 bridgehead atoms. The van der Waals surface area contributed by atoms with E-state index in [2.05, 4.69) is 30.0 Å². The minimum atomic E-state index is 0.299. The van der Waals surface area contributed by atoms with Gasteiger partial charge in [0.1, 0.15) is 0 Å². The van der Waals surface area contributed by atoms with E-state index >= 15 is 0 Å². The van der Waals surface area contributed by atoms with Gasteiger partial charge in [-0.3, -0.25) is 4.90 Å². The van der Waals surface area contributed by atoms with Crippen molar-refractivity contribution in [2.45, 2.75) is 38.8 Å². The zero-order chi connectivity index (χ0) is 9.68. The van der Waals surface area contributed by atoms with E-state index in [0.717, 1.165) is 19.6 Å². The molecule has 0 aromatic heterocycles. The normalized spacial score (nSPS) is 25.8. The van der Waals surface area contributed by atoms with E-state index in [1.54, 1.807) is 0 Å². The van der Waals surface area contributed by atoms with Crippen LogP contribution in [0.25, 0.3) is 0 Å². The van der Waals surface area contributed by atoms with E-state index in [1.807, 2.05) is 0 Å². The first-order chi connectivity index (χ1) is 6.27. The molecule has 1 N–H and O–H groups in total. The highest BCUT2D eigenvalue weighted by Crippen LogP contribution is 2.11. The molecular formula is C11H20N2. The Balaban J connectivity index is 2.24. The smallest absolute Gasteiger partial charge is 0.0683 e. The Hall–Kier alpha value is -0.520. The van der Waals surface area contributed by atoms with Gasteiger partial charge in [-0.15, -0.1) is 6.42 Å². The van der Waals surface area contributed by atoms with Crippen molar-refractivity contribution in [3.8, 4) is 12.3 Å². The number of rotatable bonds is 4. The third-order valence-electron chi connectivity index (χ3n) is 2.69. The van der Waals surface area contributed by atoms with Gasteiger partial charge in [0.05, 0.1) is 6.04 Å². The fraction of sp³-hybridized carbons (Fsp3) is 0.818. The van der Waals surface area contributed by atoms with Gasteiger partial charge in [-0.25, -0.2) is 0 Å². The van der Waals surface area contributed by atoms with Crippen molar-refractivity contribution < 1.29 is 0 Å². The molecule has 74 valence electrons. The minimum absolute atomic E-state index is 0.299. The van der Waals surface area contributed by atoms with Gasteiger partial charge in [0.25, 0.3) is 0 Å². The summed E-state index contributed by atoms with van der Waals surface area (Å²) in [7, 11) is 0. The van der Waals surface area contributed by atoms with Gasteiger partial charge < -0.3 is 5.32 Å². The molecule has 1 aliphatic rings. The first-order valence-corrected chi connectivity index (χ1v) is 5.21. The first-order valence-electron chi connectivity index (χ1n) is 5.21. The molecule has 1 aliphatic heterocycles. The van der Waals surface area contributed by atoms with E-state index in [-0.39, 0.29) is 0 Å². The highest BCUT2D eigenvalue weighted by molar-refractivity contribution is 5.00. The van der Waals surface area contributed by atoms with E-state index in [0.29, 0.717) is 12.1 Å². The fourth-order valence-electron chi connectivity index (χ4n) is 1.76. The van der Waals surface area contributed by atoms with Gasteiger partial charge in [-0.05, 0) is 26.3 Å². The molecule has 1 rings (SSSR count). The quantitative estimate of drug-likeness (QED) is 0.651. The van der Waals surface area contributed by atoms with Crippen molar-refractivity contribution in [2.24, 2.45) is 0 Å². The van der Waals surface area contributed by atoms with Crippen LogP contribution in [0.1, 0.15) is 26.7 Å². The summed E-state index contributed by atoms with van der Waals surface area (Å²) in [6.45, 7) is 7.69. The lowest BCUT2D eigenvalue weighted by molar-refractivity contribution is 0.298. The molecule has 2 atom stereocenters. The highest BCUT2D eigenvalue weighted by atomic mass is 15.2. The molecule has 13 heavy (non-hydrogen) atoms. The topological polar surface area (TPSA) is 15.3 Å². The van der Waals surface area contributed by atoms with Gasteiger partial charge in [0.15, 0.2) is 0 Å². The van der Waals surface area contributed by atoms with Gasteiger partial charge >= 0.3 is 0 Å². The Morgan fingerprint density at radius 1 is 1.69 bits per heavy atom. The number of nitrogens with zero attached hydrogens (tertiary/aromatic N) is 1. The predicted molar refractivity (Wildman–Crippen MR) is 56.6 cm³/mol. The van der Waals surface area contributed by atoms with Crippen LogP contribution in [0.2, 0.25) is 0 Å². The van der Waals surface area contributed by atoms with Gasteiger partial charge in [0, 0.05) is 19.1 Å². The maximum Gasteiger partial charge on any atom is 0.0683 e. The zero-order valence-electron chi connectivity index (χ0n) is 8.71. The molecule has 1 fully saturated rings. The molecule has 1 saturated heterocycles. The van der Waals surface area contributed by atoms with Crippen molar-refractivity contribution >= 4 is 0 Å². The molecular weight excluding hydrogens is 160 g/mol. The monoisotopic (exact) mass is 180 g/mol. The Kier molecular flexibility index (Phi) is 4.27. The minimum Gasteiger partial charge on any atom is -0.313 e. The molecule has 0 amide bonds. The Labute approximate surface area is 81.7 Å². The Bertz CT molecular complexity index is 183. The van der Waals surface area contributed by atoms with E-state index in [1.165, 1.54) is 12.8 Å². The lowest BCUT2D eigenvalue weighted by Gasteiger charge is -2.19. The molecule has 2 heteroatoms. The zero-order valence-corrected chi connectivity index (χ0v) is 8.71. The summed E-state index contributed by atoms with van der Waals surface area (Å²) in [5.41, 5.74) is 0. The van der Waals surface area contributed by atoms with Crippen LogP contribution < -0.4 is 5.32 Å². The maximum atomic E-state index is 5.39. The van der Waals surface area contributed by atoms with Crippen molar-refractivity contribution in [2.75, 3.05) is 19.6 Å². The molecule has 2 nitrogen and oxygen atoms in total. The number of hydrogen-bond donors (Lipinski definition) is 1. The largest absolute Gasteiger partial charge is 0.313 e. The van der Waals surface area contributed by atoms with Gasteiger partial charge in [-0.1, -0.05) is 12.8 Å². The molecule has 0 aromatic carbocycles. The molecule has 0 radical (unpaired) electrons. The second-order valence-electron chi connectivity index (χ2n) is 3.78. The van der Waals surface area contributed by atoms with Crippen LogP contribution in [0, 0.1) is 12.3 Å². The first kappa shape index (κ1) is 10.6. The number of nitrogens with one attached hydrogen (secondary N) is 1. The third-order valence-corrected chi connectivity index (χ3v) is 2.69. The SMILES string of the molecule is C#CC(C)N1CCC(NCCC)C1. The van der Waals surface area contributed by atoms with Gasteiger partial charge in [-0.2, -0.15) is 0 Å². The summed E-state index contributed by atoms with van der Waals surface area (Å²) in [4.78, 5) is 2.37. The number of hydrogen-bond acceptors (Lipinski definition) is 2. The van der Waals surface area contributed by atoms with Crippen LogP contribution in [0.15, 0.2) is 0 Å². The van der Waals surface area contributed by atoms with Crippen LogP contribution in [0.4, 0.5) is 0 Å². The van der Waals surface area contributed by atoms with Crippen molar-refractivity contribution in [3.63, 3.8) is 0 Å². The molecule has 0 spiro atoms. The second-order valence-corrected chi connectivity index (χ2v) is 3.78. The standard InChI is InChI=1S/C11H20N2/c1-4-7-12-11-6-8-13(9-11)10(3)5-2/h2,10-12H,4,6-9H2,1,3H3. The Morgan fingerprint density at radius 2 is 2.46 bits per heavy atom. The lowest BCUT2D eigenvalue weighted by atomic mass is 10.2. The summed E-state index contributed by atoms with van der Waals surface area (Å²) in [6, 6.07) is 0.962. The summed E-state index contributed by atoms with van der Waals surface area (Å²) in [5.74, 6) is 2.78. The summed E-state index contributed by atoms with van der Waals surface area (Å²) < 4.78 is 0. The molecule has 0 aliphatic carbocycles. The van der Waals surface area contributed by atoms with Crippen molar-refractivity contribution in [1.29, 1.82) is 0 Å². The van der Waals surface area contributed by atoms with Crippen LogP contribution in [-0.2, 0) is 0 Å². The number of terminal acetylenes is 1. The van der Waals surface area contributed by atoms with Crippen molar-refractivity contribution in [1.82, 2.24) is 10.2 Å². The van der Waals surface area contributed by atoms with Crippen LogP contribution in [0.3, 0.4) is 0 Å². The van der Waals surface area contributed by atoms with Crippen molar-refractivity contribution in [3.05, 3.63) is 0 Å². The van der Waals surface area contributed by atoms with Gasteiger partial charge in [0.2, 0.25) is 0 Å². The predicted octanol–water partition coefficient (Wildman–Crippen LogP) is 1.08. The highest BCUT2D eigenvalue weighted by Gasteiger charge is 2.24. The van der Waals surface area contributed by atoms with E-state index in [9.17, 15) is 0 Å². The maximum absolute atomic E-state index is 5.39. The van der Waals surface area contributed by atoms with Crippen LogP contribution in [0.5, 0.6) is 0 Å². The average Bonchev–Trinajstić information content (AvgIpc) is 2.62. The fourth-order valence-corrected chi connectivity index (χ4v) is 1.76. The van der Waals surface area contributed by atoms with Crippen LogP contribution in [-0.4, -0.2) is 36.6 Å². The third kappa shape index (κ3) is 3.02.